The van der Waals surface area contributed by atoms with E-state index in [0.29, 0.717) is 11.6 Å². The lowest BCUT2D eigenvalue weighted by molar-refractivity contribution is -0.119. The van der Waals surface area contributed by atoms with Gasteiger partial charge in [-0.05, 0) is 43.3 Å². The zero-order chi connectivity index (χ0) is 16.1. The van der Waals surface area contributed by atoms with E-state index in [9.17, 15) is 4.79 Å². The van der Waals surface area contributed by atoms with E-state index in [4.69, 9.17) is 16.3 Å². The highest BCUT2D eigenvalue weighted by Crippen LogP contribution is 2.21. The average molecular weight is 331 g/mol. The van der Waals surface area contributed by atoms with E-state index in [1.807, 2.05) is 48.5 Å². The van der Waals surface area contributed by atoms with Gasteiger partial charge in [0.05, 0.1) is 5.92 Å². The minimum absolute atomic E-state index is 0.0612. The number of hydrogen-bond acceptors (Lipinski definition) is 3. The molecule has 0 bridgehead atoms. The van der Waals surface area contributed by atoms with Gasteiger partial charge in [0.1, 0.15) is 12.4 Å². The number of halogens is 1. The zero-order valence-corrected chi connectivity index (χ0v) is 13.5. The van der Waals surface area contributed by atoms with E-state index in [1.165, 1.54) is 0 Å². The lowest BCUT2D eigenvalue weighted by Gasteiger charge is -2.11. The molecule has 3 rings (SSSR count). The highest BCUT2D eigenvalue weighted by molar-refractivity contribution is 6.31. The number of anilines is 1. The average Bonchev–Trinajstić information content (AvgIpc) is 3.10. The molecule has 1 amide bonds. The van der Waals surface area contributed by atoms with Crippen molar-refractivity contribution in [3.05, 3.63) is 59.1 Å². The number of hydrogen-bond donors (Lipinski definition) is 2. The van der Waals surface area contributed by atoms with Crippen LogP contribution in [-0.4, -0.2) is 19.0 Å². The summed E-state index contributed by atoms with van der Waals surface area (Å²) in [5.74, 6) is 0.872. The molecule has 2 aromatic carbocycles. The smallest absolute Gasteiger partial charge is 0.228 e. The fourth-order valence-electron chi connectivity index (χ4n) is 2.53. The number of amides is 1. The summed E-state index contributed by atoms with van der Waals surface area (Å²) in [7, 11) is 0. The van der Waals surface area contributed by atoms with Crippen LogP contribution >= 0.6 is 11.6 Å². The third-order valence-electron chi connectivity index (χ3n) is 3.91. The summed E-state index contributed by atoms with van der Waals surface area (Å²) in [4.78, 5) is 12.1. The van der Waals surface area contributed by atoms with Crippen LogP contribution in [0.3, 0.4) is 0 Å². The summed E-state index contributed by atoms with van der Waals surface area (Å²) in [6.07, 6.45) is 0.894. The van der Waals surface area contributed by atoms with E-state index in [1.54, 1.807) is 0 Å². The molecule has 0 aliphatic carbocycles. The number of benzene rings is 2. The molecule has 23 heavy (non-hydrogen) atoms. The Morgan fingerprint density at radius 2 is 2.00 bits per heavy atom. The van der Waals surface area contributed by atoms with Gasteiger partial charge >= 0.3 is 0 Å². The summed E-state index contributed by atoms with van der Waals surface area (Å²) in [5.41, 5.74) is 1.73. The second-order valence-corrected chi connectivity index (χ2v) is 5.99. The molecular formula is C18H19ClN2O2. The minimum atomic E-state index is 0.0612. The van der Waals surface area contributed by atoms with Gasteiger partial charge in [0, 0.05) is 22.8 Å². The Morgan fingerprint density at radius 1 is 1.22 bits per heavy atom. The van der Waals surface area contributed by atoms with Gasteiger partial charge in [0.2, 0.25) is 5.91 Å². The number of nitrogens with one attached hydrogen (secondary N) is 2. The molecule has 0 radical (unpaired) electrons. The van der Waals surface area contributed by atoms with Crippen LogP contribution in [0.5, 0.6) is 5.75 Å². The van der Waals surface area contributed by atoms with Crippen LogP contribution in [-0.2, 0) is 11.4 Å². The van der Waals surface area contributed by atoms with Gasteiger partial charge in [-0.1, -0.05) is 29.8 Å². The van der Waals surface area contributed by atoms with Crippen LogP contribution in [0, 0.1) is 5.92 Å². The third kappa shape index (κ3) is 4.24. The van der Waals surface area contributed by atoms with E-state index < -0.39 is 0 Å². The molecule has 2 aromatic rings. The second-order valence-electron chi connectivity index (χ2n) is 5.58. The number of rotatable bonds is 5. The Bertz CT molecular complexity index is 667. The maximum absolute atomic E-state index is 12.1. The van der Waals surface area contributed by atoms with Crippen molar-refractivity contribution in [1.82, 2.24) is 5.32 Å². The quantitative estimate of drug-likeness (QED) is 0.882. The molecule has 120 valence electrons. The molecule has 2 N–H and O–H groups in total. The van der Waals surface area contributed by atoms with Gasteiger partial charge in [-0.15, -0.1) is 0 Å². The highest BCUT2D eigenvalue weighted by atomic mass is 35.5. The lowest BCUT2D eigenvalue weighted by atomic mass is 10.1. The first-order chi connectivity index (χ1) is 11.2. The van der Waals surface area contributed by atoms with Crippen LogP contribution in [0.2, 0.25) is 5.02 Å². The maximum Gasteiger partial charge on any atom is 0.228 e. The van der Waals surface area contributed by atoms with Crippen LogP contribution in [0.15, 0.2) is 48.5 Å². The maximum atomic E-state index is 12.1. The van der Waals surface area contributed by atoms with E-state index >= 15 is 0 Å². The van der Waals surface area contributed by atoms with Crippen LogP contribution in [0.25, 0.3) is 0 Å². The predicted molar refractivity (Wildman–Crippen MR) is 91.8 cm³/mol. The van der Waals surface area contributed by atoms with Crippen molar-refractivity contribution in [2.45, 2.75) is 13.0 Å². The molecular weight excluding hydrogens is 312 g/mol. The van der Waals surface area contributed by atoms with Gasteiger partial charge < -0.3 is 15.4 Å². The summed E-state index contributed by atoms with van der Waals surface area (Å²) < 4.78 is 5.73. The molecule has 5 heteroatoms. The molecule has 0 spiro atoms. The van der Waals surface area contributed by atoms with Gasteiger partial charge in [-0.3, -0.25) is 4.79 Å². The molecule has 1 aliphatic heterocycles. The predicted octanol–water partition coefficient (Wildman–Crippen LogP) is 3.47. The van der Waals surface area contributed by atoms with Crippen LogP contribution in [0.4, 0.5) is 5.69 Å². The van der Waals surface area contributed by atoms with Crippen LogP contribution in [0.1, 0.15) is 12.0 Å². The zero-order valence-electron chi connectivity index (χ0n) is 12.7. The molecule has 0 saturated carbocycles. The van der Waals surface area contributed by atoms with Crippen LogP contribution < -0.4 is 15.4 Å². The summed E-state index contributed by atoms with van der Waals surface area (Å²) in [6.45, 7) is 2.08. The molecule has 0 aromatic heterocycles. The van der Waals surface area contributed by atoms with E-state index in [2.05, 4.69) is 10.6 Å². The third-order valence-corrected chi connectivity index (χ3v) is 4.27. The van der Waals surface area contributed by atoms with Crippen molar-refractivity contribution in [2.24, 2.45) is 5.92 Å². The Balaban J connectivity index is 1.54. The van der Waals surface area contributed by atoms with E-state index in [0.717, 1.165) is 36.5 Å². The molecule has 1 heterocycles. The molecule has 1 unspecified atom stereocenters. The number of carbonyl (C=O) groups is 1. The normalized spacial score (nSPS) is 17.0. The first-order valence-electron chi connectivity index (χ1n) is 7.70. The van der Waals surface area contributed by atoms with Crippen molar-refractivity contribution < 1.29 is 9.53 Å². The van der Waals surface area contributed by atoms with Crippen molar-refractivity contribution in [3.8, 4) is 5.75 Å². The number of carbonyl (C=O) groups excluding carboxylic acids is 1. The fourth-order valence-corrected chi connectivity index (χ4v) is 2.72. The topological polar surface area (TPSA) is 50.4 Å². The van der Waals surface area contributed by atoms with Crippen molar-refractivity contribution in [1.29, 1.82) is 0 Å². The van der Waals surface area contributed by atoms with E-state index in [-0.39, 0.29) is 11.8 Å². The largest absolute Gasteiger partial charge is 0.489 e. The van der Waals surface area contributed by atoms with Gasteiger partial charge in [-0.25, -0.2) is 0 Å². The Morgan fingerprint density at radius 3 is 2.70 bits per heavy atom. The fraction of sp³-hybridized carbons (Fsp3) is 0.278. The molecule has 1 atom stereocenters. The monoisotopic (exact) mass is 330 g/mol. The molecule has 1 saturated heterocycles. The summed E-state index contributed by atoms with van der Waals surface area (Å²) in [5, 5.41) is 6.83. The molecule has 4 nitrogen and oxygen atoms in total. The van der Waals surface area contributed by atoms with Crippen molar-refractivity contribution >= 4 is 23.2 Å². The van der Waals surface area contributed by atoms with Crippen molar-refractivity contribution in [3.63, 3.8) is 0 Å². The van der Waals surface area contributed by atoms with Gasteiger partial charge in [0.25, 0.3) is 0 Å². The Kier molecular flexibility index (Phi) is 5.16. The molecule has 1 fully saturated rings. The van der Waals surface area contributed by atoms with Crippen molar-refractivity contribution in [2.75, 3.05) is 18.4 Å². The Hall–Kier alpha value is -2.04. The highest BCUT2D eigenvalue weighted by Gasteiger charge is 2.22. The minimum Gasteiger partial charge on any atom is -0.489 e. The summed E-state index contributed by atoms with van der Waals surface area (Å²) >= 11 is 6.10. The number of ether oxygens (including phenoxy) is 1. The van der Waals surface area contributed by atoms with Gasteiger partial charge in [-0.2, -0.15) is 0 Å². The summed E-state index contributed by atoms with van der Waals surface area (Å²) in [6, 6.07) is 15.0. The SMILES string of the molecule is O=C(Nc1ccc(OCc2ccccc2Cl)cc1)C1CCNC1. The standard InChI is InChI=1S/C18H19ClN2O2/c19-17-4-2-1-3-14(17)12-23-16-7-5-15(6-8-16)21-18(22)13-9-10-20-11-13/h1-8,13,20H,9-12H2,(H,21,22). The Labute approximate surface area is 140 Å². The first kappa shape index (κ1) is 15.8. The lowest BCUT2D eigenvalue weighted by Crippen LogP contribution is -2.24. The first-order valence-corrected chi connectivity index (χ1v) is 8.08. The second kappa shape index (κ2) is 7.49. The van der Waals surface area contributed by atoms with Gasteiger partial charge in [0.15, 0.2) is 0 Å². The molecule has 1 aliphatic rings.